The molecule has 0 aliphatic rings. The van der Waals surface area contributed by atoms with Gasteiger partial charge in [0.2, 0.25) is 0 Å². The molecular formula is C14H20FIO. The van der Waals surface area contributed by atoms with E-state index < -0.39 is 0 Å². The molecule has 1 aromatic rings. The number of hydrogen-bond donors (Lipinski definition) is 0. The van der Waals surface area contributed by atoms with Gasteiger partial charge in [-0.15, -0.1) is 0 Å². The first-order chi connectivity index (χ1) is 8.15. The number of hydrogen-bond acceptors (Lipinski definition) is 1. The summed E-state index contributed by atoms with van der Waals surface area (Å²) in [6, 6.07) is 6.87. The maximum Gasteiger partial charge on any atom is 0.129 e. The average Bonchev–Trinajstić information content (AvgIpc) is 2.30. The molecule has 1 nitrogen and oxygen atoms in total. The van der Waals surface area contributed by atoms with E-state index >= 15 is 0 Å². The molecule has 1 unspecified atom stereocenters. The minimum Gasteiger partial charge on any atom is -0.373 e. The Morgan fingerprint density at radius 3 is 2.59 bits per heavy atom. The third kappa shape index (κ3) is 5.34. The van der Waals surface area contributed by atoms with Crippen molar-refractivity contribution in [1.82, 2.24) is 0 Å². The van der Waals surface area contributed by atoms with Crippen LogP contribution in [0.15, 0.2) is 24.3 Å². The Morgan fingerprint density at radius 1 is 1.29 bits per heavy atom. The fraction of sp³-hybridized carbons (Fsp3) is 0.571. The summed E-state index contributed by atoms with van der Waals surface area (Å²) in [5.74, 6) is 0.531. The van der Waals surface area contributed by atoms with E-state index in [0.29, 0.717) is 18.1 Å². The average molecular weight is 350 g/mol. The van der Waals surface area contributed by atoms with Gasteiger partial charge in [-0.1, -0.05) is 54.6 Å². The molecule has 0 heterocycles. The lowest BCUT2D eigenvalue weighted by molar-refractivity contribution is 0.0642. The highest BCUT2D eigenvalue weighted by molar-refractivity contribution is 14.1. The van der Waals surface area contributed by atoms with Crippen LogP contribution in [0.3, 0.4) is 0 Å². The van der Waals surface area contributed by atoms with E-state index in [0.717, 1.165) is 17.3 Å². The Bertz CT molecular complexity index is 328. The highest BCUT2D eigenvalue weighted by Crippen LogP contribution is 2.23. The minimum absolute atomic E-state index is 0.121. The monoisotopic (exact) mass is 350 g/mol. The van der Waals surface area contributed by atoms with Crippen molar-refractivity contribution in [3.05, 3.63) is 35.6 Å². The number of alkyl halides is 1. The first kappa shape index (κ1) is 14.9. The summed E-state index contributed by atoms with van der Waals surface area (Å²) >= 11 is 2.24. The van der Waals surface area contributed by atoms with Gasteiger partial charge in [0.1, 0.15) is 5.82 Å². The van der Waals surface area contributed by atoms with Crippen molar-refractivity contribution in [3.63, 3.8) is 0 Å². The molecule has 17 heavy (non-hydrogen) atoms. The maximum atomic E-state index is 13.6. The predicted molar refractivity (Wildman–Crippen MR) is 78.1 cm³/mol. The van der Waals surface area contributed by atoms with Gasteiger partial charge in [-0.25, -0.2) is 4.39 Å². The van der Waals surface area contributed by atoms with Gasteiger partial charge in [0.05, 0.1) is 6.10 Å². The minimum atomic E-state index is -0.168. The number of halogens is 2. The summed E-state index contributed by atoms with van der Waals surface area (Å²) in [4.78, 5) is 0. The summed E-state index contributed by atoms with van der Waals surface area (Å²) in [6.07, 6.45) is 2.08. The molecule has 1 aromatic carbocycles. The zero-order valence-corrected chi connectivity index (χ0v) is 12.6. The van der Waals surface area contributed by atoms with Gasteiger partial charge in [0.25, 0.3) is 0 Å². The third-order valence-electron chi connectivity index (χ3n) is 2.64. The molecule has 0 aliphatic carbocycles. The van der Waals surface area contributed by atoms with E-state index in [1.165, 1.54) is 6.07 Å². The molecule has 0 saturated heterocycles. The second kappa shape index (κ2) is 8.03. The van der Waals surface area contributed by atoms with Crippen molar-refractivity contribution in [3.8, 4) is 0 Å². The fourth-order valence-corrected chi connectivity index (χ4v) is 2.40. The van der Waals surface area contributed by atoms with Crippen LogP contribution in [0.4, 0.5) is 4.39 Å². The Hall–Kier alpha value is -0.160. The van der Waals surface area contributed by atoms with E-state index in [2.05, 4.69) is 36.4 Å². The third-order valence-corrected chi connectivity index (χ3v) is 3.44. The van der Waals surface area contributed by atoms with Crippen molar-refractivity contribution in [1.29, 1.82) is 0 Å². The quantitative estimate of drug-likeness (QED) is 0.392. The topological polar surface area (TPSA) is 9.23 Å². The highest BCUT2D eigenvalue weighted by Gasteiger charge is 2.14. The van der Waals surface area contributed by atoms with Gasteiger partial charge in [-0.2, -0.15) is 0 Å². The van der Waals surface area contributed by atoms with Crippen molar-refractivity contribution in [2.24, 2.45) is 5.92 Å². The second-order valence-electron chi connectivity index (χ2n) is 4.57. The number of rotatable bonds is 7. The maximum absolute atomic E-state index is 13.6. The van der Waals surface area contributed by atoms with Gasteiger partial charge in [-0.05, 0) is 24.8 Å². The highest BCUT2D eigenvalue weighted by atomic mass is 127. The molecule has 0 aromatic heterocycles. The molecule has 0 bridgehead atoms. The molecule has 1 atom stereocenters. The molecule has 0 aliphatic heterocycles. The lowest BCUT2D eigenvalue weighted by Gasteiger charge is -2.16. The van der Waals surface area contributed by atoms with E-state index in [-0.39, 0.29) is 11.9 Å². The first-order valence-corrected chi connectivity index (χ1v) is 7.59. The van der Waals surface area contributed by atoms with Crippen LogP contribution in [0, 0.1) is 11.7 Å². The van der Waals surface area contributed by atoms with Crippen LogP contribution in [-0.2, 0) is 4.74 Å². The normalized spacial score (nSPS) is 13.0. The molecule has 96 valence electrons. The van der Waals surface area contributed by atoms with Gasteiger partial charge < -0.3 is 4.74 Å². The first-order valence-electron chi connectivity index (χ1n) is 6.07. The van der Waals surface area contributed by atoms with Crippen LogP contribution in [-0.4, -0.2) is 11.0 Å². The van der Waals surface area contributed by atoms with Crippen molar-refractivity contribution in [2.75, 3.05) is 11.0 Å². The zero-order chi connectivity index (χ0) is 12.7. The van der Waals surface area contributed by atoms with E-state index in [9.17, 15) is 4.39 Å². The smallest absolute Gasteiger partial charge is 0.129 e. The Morgan fingerprint density at radius 2 is 2.00 bits per heavy atom. The largest absolute Gasteiger partial charge is 0.373 e. The fourth-order valence-electron chi connectivity index (χ4n) is 1.67. The van der Waals surface area contributed by atoms with Gasteiger partial charge in [0.15, 0.2) is 0 Å². The second-order valence-corrected chi connectivity index (χ2v) is 5.45. The predicted octanol–water partition coefficient (Wildman–Crippen LogP) is 4.75. The zero-order valence-electron chi connectivity index (χ0n) is 10.5. The molecule has 0 fully saturated rings. The molecule has 0 spiro atoms. The molecular weight excluding hydrogens is 330 g/mol. The Labute approximate surface area is 117 Å². The van der Waals surface area contributed by atoms with Crippen LogP contribution in [0.2, 0.25) is 0 Å². The van der Waals surface area contributed by atoms with Gasteiger partial charge >= 0.3 is 0 Å². The van der Waals surface area contributed by atoms with E-state index in [4.69, 9.17) is 4.74 Å². The van der Waals surface area contributed by atoms with E-state index in [1.54, 1.807) is 12.1 Å². The Balaban J connectivity index is 2.46. The van der Waals surface area contributed by atoms with Crippen molar-refractivity contribution in [2.45, 2.75) is 32.8 Å². The molecule has 0 amide bonds. The van der Waals surface area contributed by atoms with Crippen LogP contribution in [0.5, 0.6) is 0 Å². The molecule has 0 radical (unpaired) electrons. The van der Waals surface area contributed by atoms with Gasteiger partial charge in [0, 0.05) is 16.6 Å². The standard InChI is InChI=1S/C14H20FIO/c1-11(2)6-5-9-17-14(10-16)12-7-3-4-8-13(12)15/h3-4,7-8,11,14H,5-6,9-10H2,1-2H3. The molecule has 0 N–H and O–H groups in total. The van der Waals surface area contributed by atoms with Gasteiger partial charge in [-0.3, -0.25) is 0 Å². The van der Waals surface area contributed by atoms with Crippen LogP contribution >= 0.6 is 22.6 Å². The summed E-state index contributed by atoms with van der Waals surface area (Å²) in [5, 5.41) is 0. The lowest BCUT2D eigenvalue weighted by Crippen LogP contribution is -2.09. The van der Waals surface area contributed by atoms with Crippen molar-refractivity contribution >= 4 is 22.6 Å². The molecule has 0 saturated carbocycles. The molecule has 1 rings (SSSR count). The molecule has 3 heteroatoms. The Kier molecular flexibility index (Phi) is 7.04. The summed E-state index contributed by atoms with van der Waals surface area (Å²) in [5.41, 5.74) is 0.673. The van der Waals surface area contributed by atoms with E-state index in [1.807, 2.05) is 6.07 Å². The van der Waals surface area contributed by atoms with Crippen LogP contribution < -0.4 is 0 Å². The summed E-state index contributed by atoms with van der Waals surface area (Å²) in [7, 11) is 0. The summed E-state index contributed by atoms with van der Waals surface area (Å²) < 4.78 is 20.1. The summed E-state index contributed by atoms with van der Waals surface area (Å²) in [6.45, 7) is 5.11. The van der Waals surface area contributed by atoms with Crippen LogP contribution in [0.1, 0.15) is 38.4 Å². The SMILES string of the molecule is CC(C)CCCOC(CI)c1ccccc1F. The number of ether oxygens (including phenoxy) is 1. The van der Waals surface area contributed by atoms with Crippen molar-refractivity contribution < 1.29 is 9.13 Å². The lowest BCUT2D eigenvalue weighted by atomic mass is 10.1. The van der Waals surface area contributed by atoms with Crippen LogP contribution in [0.25, 0.3) is 0 Å². The number of benzene rings is 1.